The maximum atomic E-state index is 12.6. The fourth-order valence-electron chi connectivity index (χ4n) is 3.51. The van der Waals surface area contributed by atoms with Crippen LogP contribution in [0.25, 0.3) is 0 Å². The van der Waals surface area contributed by atoms with E-state index in [9.17, 15) is 4.79 Å². The van der Waals surface area contributed by atoms with E-state index in [2.05, 4.69) is 5.32 Å². The molecule has 0 radical (unpaired) electrons. The van der Waals surface area contributed by atoms with Crippen molar-refractivity contribution >= 4 is 29.9 Å². The van der Waals surface area contributed by atoms with Gasteiger partial charge in [-0.15, -0.1) is 12.4 Å². The molecule has 3 N–H and O–H groups in total. The number of ether oxygens (including phenoxy) is 1. The second-order valence-corrected chi connectivity index (χ2v) is 6.80. The Balaban J connectivity index is 0.00000192. The van der Waals surface area contributed by atoms with Gasteiger partial charge in [-0.05, 0) is 55.5 Å². The molecule has 3 unspecified atom stereocenters. The van der Waals surface area contributed by atoms with E-state index in [-0.39, 0.29) is 30.3 Å². The van der Waals surface area contributed by atoms with Crippen molar-refractivity contribution in [2.75, 3.05) is 13.2 Å². The molecule has 1 aromatic carbocycles. The number of amides is 1. The minimum absolute atomic E-state index is 0. The van der Waals surface area contributed by atoms with Gasteiger partial charge in [0.2, 0.25) is 5.91 Å². The molecule has 0 saturated heterocycles. The van der Waals surface area contributed by atoms with Crippen LogP contribution in [0, 0.1) is 11.8 Å². The fraction of sp³-hybridized carbons (Fsp3) is 0.588. The molecule has 23 heavy (non-hydrogen) atoms. The second-order valence-electron chi connectivity index (χ2n) is 6.36. The smallest absolute Gasteiger partial charge is 0.227 e. The molecule has 2 aliphatic rings. The number of nitrogens with two attached hydrogens (primary N) is 1. The molecular formula is C17H24Cl2N2O2. The van der Waals surface area contributed by atoms with Crippen LogP contribution < -0.4 is 15.8 Å². The minimum atomic E-state index is -0.147. The summed E-state index contributed by atoms with van der Waals surface area (Å²) in [6, 6.07) is 5.79. The van der Waals surface area contributed by atoms with Crippen molar-refractivity contribution in [3.05, 3.63) is 28.8 Å². The van der Waals surface area contributed by atoms with Crippen LogP contribution in [-0.2, 0) is 11.2 Å². The quantitative estimate of drug-likeness (QED) is 0.872. The van der Waals surface area contributed by atoms with E-state index >= 15 is 0 Å². The average molecular weight is 359 g/mol. The van der Waals surface area contributed by atoms with Gasteiger partial charge >= 0.3 is 0 Å². The number of rotatable bonds is 3. The molecule has 1 fully saturated rings. The molecule has 0 aromatic heterocycles. The summed E-state index contributed by atoms with van der Waals surface area (Å²) in [5.41, 5.74) is 6.85. The summed E-state index contributed by atoms with van der Waals surface area (Å²) in [7, 11) is 0. The monoisotopic (exact) mass is 358 g/mol. The lowest BCUT2D eigenvalue weighted by Gasteiger charge is -2.33. The number of nitrogens with one attached hydrogen (secondary N) is 1. The first-order chi connectivity index (χ1) is 10.7. The second kappa shape index (κ2) is 8.22. The Kier molecular flexibility index (Phi) is 6.57. The molecule has 128 valence electrons. The standard InChI is InChI=1S/C17H23ClN2O2.ClH/c18-14-5-6-16-12(8-14)7-13(10-22-16)17(21)20-15-4-2-1-3-11(15)9-19;/h5-6,8,11,13,15H,1-4,7,9-10,19H2,(H,20,21);1H. The first kappa shape index (κ1) is 18.4. The number of carbonyl (C=O) groups is 1. The van der Waals surface area contributed by atoms with Crippen molar-refractivity contribution in [3.8, 4) is 5.75 Å². The Bertz CT molecular complexity index is 553. The average Bonchev–Trinajstić information content (AvgIpc) is 2.54. The van der Waals surface area contributed by atoms with Crippen LogP contribution in [0.5, 0.6) is 5.75 Å². The van der Waals surface area contributed by atoms with E-state index in [0.29, 0.717) is 30.5 Å². The van der Waals surface area contributed by atoms with Crippen LogP contribution >= 0.6 is 24.0 Å². The Morgan fingerprint density at radius 3 is 2.91 bits per heavy atom. The summed E-state index contributed by atoms with van der Waals surface area (Å²) in [4.78, 5) is 12.6. The molecule has 0 spiro atoms. The van der Waals surface area contributed by atoms with Crippen LogP contribution in [0.1, 0.15) is 31.2 Å². The third kappa shape index (κ3) is 4.31. The lowest BCUT2D eigenvalue weighted by Crippen LogP contribution is -2.48. The normalized spacial score (nSPS) is 26.4. The van der Waals surface area contributed by atoms with E-state index in [1.807, 2.05) is 18.2 Å². The van der Waals surface area contributed by atoms with Gasteiger partial charge in [-0.1, -0.05) is 24.4 Å². The van der Waals surface area contributed by atoms with E-state index in [4.69, 9.17) is 22.1 Å². The van der Waals surface area contributed by atoms with Crippen LogP contribution in [-0.4, -0.2) is 25.1 Å². The number of hydrogen-bond acceptors (Lipinski definition) is 3. The SMILES string of the molecule is Cl.NCC1CCCCC1NC(=O)C1COc2ccc(Cl)cc2C1. The molecule has 1 aromatic rings. The first-order valence-corrected chi connectivity index (χ1v) is 8.47. The molecule has 3 atom stereocenters. The van der Waals surface area contributed by atoms with Crippen LogP contribution in [0.4, 0.5) is 0 Å². The van der Waals surface area contributed by atoms with Crippen LogP contribution in [0.2, 0.25) is 5.02 Å². The third-order valence-electron chi connectivity index (χ3n) is 4.84. The highest BCUT2D eigenvalue weighted by Gasteiger charge is 2.30. The Morgan fingerprint density at radius 1 is 1.35 bits per heavy atom. The molecule has 6 heteroatoms. The summed E-state index contributed by atoms with van der Waals surface area (Å²) < 4.78 is 5.71. The van der Waals surface area contributed by atoms with Gasteiger partial charge < -0.3 is 15.8 Å². The lowest BCUT2D eigenvalue weighted by molar-refractivity contribution is -0.127. The molecule has 1 amide bonds. The van der Waals surface area contributed by atoms with Gasteiger partial charge in [0.1, 0.15) is 12.4 Å². The summed E-state index contributed by atoms with van der Waals surface area (Å²) in [6.45, 7) is 1.07. The molecule has 0 bridgehead atoms. The van der Waals surface area contributed by atoms with Gasteiger partial charge in [-0.3, -0.25) is 4.79 Å². The molecule has 3 rings (SSSR count). The number of benzene rings is 1. The Hall–Kier alpha value is -0.970. The van der Waals surface area contributed by atoms with Crippen molar-refractivity contribution in [1.29, 1.82) is 0 Å². The van der Waals surface area contributed by atoms with E-state index in [1.165, 1.54) is 12.8 Å². The van der Waals surface area contributed by atoms with Gasteiger partial charge in [-0.2, -0.15) is 0 Å². The van der Waals surface area contributed by atoms with Gasteiger partial charge in [-0.25, -0.2) is 0 Å². The first-order valence-electron chi connectivity index (χ1n) is 8.09. The highest BCUT2D eigenvalue weighted by Crippen LogP contribution is 2.30. The lowest BCUT2D eigenvalue weighted by atomic mass is 9.84. The van der Waals surface area contributed by atoms with Crippen molar-refractivity contribution in [2.24, 2.45) is 17.6 Å². The Labute approximate surface area is 148 Å². The molecule has 1 heterocycles. The van der Waals surface area contributed by atoms with Gasteiger partial charge in [0, 0.05) is 11.1 Å². The Morgan fingerprint density at radius 2 is 2.13 bits per heavy atom. The highest BCUT2D eigenvalue weighted by atomic mass is 35.5. The van der Waals surface area contributed by atoms with E-state index in [0.717, 1.165) is 24.2 Å². The maximum Gasteiger partial charge on any atom is 0.227 e. The largest absolute Gasteiger partial charge is 0.492 e. The van der Waals surface area contributed by atoms with Crippen molar-refractivity contribution in [3.63, 3.8) is 0 Å². The third-order valence-corrected chi connectivity index (χ3v) is 5.07. The molecule has 1 aliphatic heterocycles. The topological polar surface area (TPSA) is 64.3 Å². The number of halogens is 2. The molecule has 4 nitrogen and oxygen atoms in total. The molecular weight excluding hydrogens is 335 g/mol. The van der Waals surface area contributed by atoms with Gasteiger partial charge in [0.15, 0.2) is 0 Å². The number of hydrogen-bond donors (Lipinski definition) is 2. The number of fused-ring (bicyclic) bond motifs is 1. The molecule has 1 aliphatic carbocycles. The fourth-order valence-corrected chi connectivity index (χ4v) is 3.71. The van der Waals surface area contributed by atoms with Gasteiger partial charge in [0.25, 0.3) is 0 Å². The minimum Gasteiger partial charge on any atom is -0.492 e. The van der Waals surface area contributed by atoms with Crippen molar-refractivity contribution < 1.29 is 9.53 Å². The van der Waals surface area contributed by atoms with Crippen molar-refractivity contribution in [1.82, 2.24) is 5.32 Å². The summed E-state index contributed by atoms with van der Waals surface area (Å²) in [5, 5.41) is 3.88. The van der Waals surface area contributed by atoms with Gasteiger partial charge in [0.05, 0.1) is 5.92 Å². The highest BCUT2D eigenvalue weighted by molar-refractivity contribution is 6.30. The van der Waals surface area contributed by atoms with E-state index < -0.39 is 0 Å². The summed E-state index contributed by atoms with van der Waals surface area (Å²) >= 11 is 6.03. The van der Waals surface area contributed by atoms with Crippen molar-refractivity contribution in [2.45, 2.75) is 38.1 Å². The summed E-state index contributed by atoms with van der Waals surface area (Å²) in [6.07, 6.45) is 5.21. The molecule has 1 saturated carbocycles. The van der Waals surface area contributed by atoms with E-state index in [1.54, 1.807) is 0 Å². The zero-order valence-electron chi connectivity index (χ0n) is 13.1. The summed E-state index contributed by atoms with van der Waals surface area (Å²) in [5.74, 6) is 1.18. The maximum absolute atomic E-state index is 12.6. The zero-order chi connectivity index (χ0) is 15.5. The predicted octanol–water partition coefficient (Wildman–Crippen LogP) is 2.95. The van der Waals surface area contributed by atoms with Crippen LogP contribution in [0.15, 0.2) is 18.2 Å². The number of carbonyl (C=O) groups excluding carboxylic acids is 1. The zero-order valence-corrected chi connectivity index (χ0v) is 14.7. The van der Waals surface area contributed by atoms with Crippen LogP contribution in [0.3, 0.4) is 0 Å². The predicted molar refractivity (Wildman–Crippen MR) is 94.3 cm³/mol.